The summed E-state index contributed by atoms with van der Waals surface area (Å²) < 4.78 is 0. The number of nitrogens with one attached hydrogen (secondary N) is 1. The number of hydrogen-bond acceptors (Lipinski definition) is 3. The van der Waals surface area contributed by atoms with Gasteiger partial charge in [0.1, 0.15) is 5.69 Å². The number of nitrogens with zero attached hydrogens (tertiary/aromatic N) is 2. The van der Waals surface area contributed by atoms with E-state index in [-0.39, 0.29) is 5.91 Å². The predicted octanol–water partition coefficient (Wildman–Crippen LogP) is 4.26. The third-order valence-electron chi connectivity index (χ3n) is 3.84. The zero-order valence-electron chi connectivity index (χ0n) is 14.9. The molecule has 4 nitrogen and oxygen atoms in total. The van der Waals surface area contributed by atoms with Gasteiger partial charge in [-0.3, -0.25) is 4.79 Å². The molecule has 0 aliphatic heterocycles. The van der Waals surface area contributed by atoms with Crippen LogP contribution in [0.25, 0.3) is 0 Å². The van der Waals surface area contributed by atoms with Crippen LogP contribution in [0.3, 0.4) is 0 Å². The summed E-state index contributed by atoms with van der Waals surface area (Å²) in [6.45, 7) is 8.56. The Bertz CT molecular complexity index is 646. The van der Waals surface area contributed by atoms with Crippen LogP contribution in [0.1, 0.15) is 48.3 Å². The number of anilines is 1. The Balaban J connectivity index is 1.97. The van der Waals surface area contributed by atoms with Crippen molar-refractivity contribution in [3.8, 4) is 0 Å². The molecule has 4 heteroatoms. The summed E-state index contributed by atoms with van der Waals surface area (Å²) in [5.74, 6) is 0.0175. The molecule has 0 saturated heterocycles. The van der Waals surface area contributed by atoms with Gasteiger partial charge in [0.05, 0.1) is 11.9 Å². The monoisotopic (exact) mass is 325 g/mol. The number of amides is 1. The first-order valence-corrected chi connectivity index (χ1v) is 8.68. The first-order valence-electron chi connectivity index (χ1n) is 8.68. The van der Waals surface area contributed by atoms with Gasteiger partial charge >= 0.3 is 0 Å². The topological polar surface area (TPSA) is 45.2 Å². The van der Waals surface area contributed by atoms with Gasteiger partial charge in [0, 0.05) is 19.6 Å². The van der Waals surface area contributed by atoms with Crippen LogP contribution in [-0.4, -0.2) is 28.9 Å². The molecule has 0 atom stereocenters. The van der Waals surface area contributed by atoms with E-state index in [0.717, 1.165) is 38.2 Å². The third-order valence-corrected chi connectivity index (χ3v) is 3.84. The second kappa shape index (κ2) is 9.06. The highest BCUT2D eigenvalue weighted by Crippen LogP contribution is 2.12. The molecule has 2 rings (SSSR count). The summed E-state index contributed by atoms with van der Waals surface area (Å²) in [6, 6.07) is 12.1. The van der Waals surface area contributed by atoms with Gasteiger partial charge in [-0.05, 0) is 37.5 Å². The average Bonchev–Trinajstić information content (AvgIpc) is 2.60. The first kappa shape index (κ1) is 18.0. The second-order valence-corrected chi connectivity index (χ2v) is 6.07. The zero-order chi connectivity index (χ0) is 17.4. The highest BCUT2D eigenvalue weighted by molar-refractivity contribution is 5.92. The lowest BCUT2D eigenvalue weighted by atomic mass is 10.1. The van der Waals surface area contributed by atoms with E-state index in [9.17, 15) is 4.79 Å². The molecule has 0 saturated carbocycles. The van der Waals surface area contributed by atoms with Crippen LogP contribution >= 0.6 is 0 Å². The number of pyridine rings is 1. The number of carbonyl (C=O) groups is 1. The Morgan fingerprint density at radius 2 is 1.88 bits per heavy atom. The van der Waals surface area contributed by atoms with E-state index >= 15 is 0 Å². The molecule has 128 valence electrons. The van der Waals surface area contributed by atoms with Gasteiger partial charge in [0.15, 0.2) is 0 Å². The van der Waals surface area contributed by atoms with Crippen molar-refractivity contribution in [3.63, 3.8) is 0 Å². The van der Waals surface area contributed by atoms with E-state index in [0.29, 0.717) is 5.69 Å². The fourth-order valence-electron chi connectivity index (χ4n) is 2.67. The number of benzene rings is 1. The number of hydrogen-bond donors (Lipinski definition) is 1. The maximum atomic E-state index is 12.5. The molecule has 1 heterocycles. The van der Waals surface area contributed by atoms with Gasteiger partial charge in [-0.1, -0.05) is 43.7 Å². The zero-order valence-corrected chi connectivity index (χ0v) is 14.9. The highest BCUT2D eigenvalue weighted by atomic mass is 16.2. The minimum Gasteiger partial charge on any atom is -0.380 e. The quantitative estimate of drug-likeness (QED) is 0.788. The van der Waals surface area contributed by atoms with Gasteiger partial charge < -0.3 is 10.2 Å². The van der Waals surface area contributed by atoms with E-state index in [4.69, 9.17) is 0 Å². The van der Waals surface area contributed by atoms with E-state index < -0.39 is 0 Å². The molecule has 0 radical (unpaired) electrons. The molecule has 0 unspecified atom stereocenters. The van der Waals surface area contributed by atoms with Crippen LogP contribution in [0.4, 0.5) is 5.69 Å². The molecule has 1 N–H and O–H groups in total. The summed E-state index contributed by atoms with van der Waals surface area (Å²) in [6.07, 6.45) is 3.66. The molecule has 0 aliphatic carbocycles. The van der Waals surface area contributed by atoms with Gasteiger partial charge in [-0.15, -0.1) is 0 Å². The van der Waals surface area contributed by atoms with Crippen molar-refractivity contribution in [3.05, 3.63) is 59.4 Å². The van der Waals surface area contributed by atoms with Crippen LogP contribution in [0.2, 0.25) is 0 Å². The molecule has 0 bridgehead atoms. The summed E-state index contributed by atoms with van der Waals surface area (Å²) in [4.78, 5) is 18.7. The lowest BCUT2D eigenvalue weighted by molar-refractivity contribution is 0.0749. The summed E-state index contributed by atoms with van der Waals surface area (Å²) in [7, 11) is 0. The molecule has 0 fully saturated rings. The third kappa shape index (κ3) is 5.08. The van der Waals surface area contributed by atoms with Crippen LogP contribution in [0.5, 0.6) is 0 Å². The number of rotatable bonds is 8. The Kier molecular flexibility index (Phi) is 6.79. The molecule has 1 aromatic heterocycles. The molecule has 2 aromatic rings. The maximum absolute atomic E-state index is 12.5. The molecule has 24 heavy (non-hydrogen) atoms. The van der Waals surface area contributed by atoms with Gasteiger partial charge in [-0.25, -0.2) is 4.98 Å². The van der Waals surface area contributed by atoms with Crippen LogP contribution < -0.4 is 5.32 Å². The summed E-state index contributed by atoms with van der Waals surface area (Å²) >= 11 is 0. The Morgan fingerprint density at radius 1 is 1.12 bits per heavy atom. The first-order chi connectivity index (χ1) is 11.6. The van der Waals surface area contributed by atoms with Crippen LogP contribution in [0, 0.1) is 6.92 Å². The Morgan fingerprint density at radius 3 is 2.46 bits per heavy atom. The standard InChI is InChI=1S/C20H27N3O/c1-4-11-23(12-5-2)20(24)19-10-9-18(15-22-19)21-14-17-8-6-7-16(3)13-17/h6-10,13,15,21H,4-5,11-12,14H2,1-3H3. The Labute approximate surface area is 144 Å². The van der Waals surface area contributed by atoms with E-state index in [1.54, 1.807) is 12.3 Å². The predicted molar refractivity (Wildman–Crippen MR) is 99.2 cm³/mol. The fourth-order valence-corrected chi connectivity index (χ4v) is 2.67. The smallest absolute Gasteiger partial charge is 0.272 e. The van der Waals surface area contributed by atoms with Crippen molar-refractivity contribution >= 4 is 11.6 Å². The van der Waals surface area contributed by atoms with Crippen molar-refractivity contribution in [1.29, 1.82) is 0 Å². The molecular weight excluding hydrogens is 298 g/mol. The summed E-state index contributed by atoms with van der Waals surface area (Å²) in [5, 5.41) is 3.35. The lowest BCUT2D eigenvalue weighted by Crippen LogP contribution is -2.33. The molecule has 0 spiro atoms. The van der Waals surface area contributed by atoms with Crippen LogP contribution in [-0.2, 0) is 6.54 Å². The fraction of sp³-hybridized carbons (Fsp3) is 0.400. The van der Waals surface area contributed by atoms with Gasteiger partial charge in [-0.2, -0.15) is 0 Å². The van der Waals surface area contributed by atoms with Crippen molar-refractivity contribution in [2.45, 2.75) is 40.2 Å². The van der Waals surface area contributed by atoms with Crippen molar-refractivity contribution in [2.24, 2.45) is 0 Å². The highest BCUT2D eigenvalue weighted by Gasteiger charge is 2.15. The van der Waals surface area contributed by atoms with Crippen LogP contribution in [0.15, 0.2) is 42.6 Å². The van der Waals surface area contributed by atoms with E-state index in [1.807, 2.05) is 11.0 Å². The van der Waals surface area contributed by atoms with E-state index in [2.05, 4.69) is 55.3 Å². The minimum absolute atomic E-state index is 0.0175. The number of aromatic nitrogens is 1. The van der Waals surface area contributed by atoms with Crippen molar-refractivity contribution in [2.75, 3.05) is 18.4 Å². The van der Waals surface area contributed by atoms with Crippen molar-refractivity contribution in [1.82, 2.24) is 9.88 Å². The van der Waals surface area contributed by atoms with Crippen molar-refractivity contribution < 1.29 is 4.79 Å². The van der Waals surface area contributed by atoms with Gasteiger partial charge in [0.2, 0.25) is 0 Å². The average molecular weight is 325 g/mol. The largest absolute Gasteiger partial charge is 0.380 e. The summed E-state index contributed by atoms with van der Waals surface area (Å²) in [5.41, 5.74) is 3.91. The maximum Gasteiger partial charge on any atom is 0.272 e. The second-order valence-electron chi connectivity index (χ2n) is 6.07. The SMILES string of the molecule is CCCN(CCC)C(=O)c1ccc(NCc2cccc(C)c2)cn1. The molecular formula is C20H27N3O. The van der Waals surface area contributed by atoms with E-state index in [1.165, 1.54) is 11.1 Å². The molecule has 1 amide bonds. The number of aryl methyl sites for hydroxylation is 1. The normalized spacial score (nSPS) is 10.5. The lowest BCUT2D eigenvalue weighted by Gasteiger charge is -2.21. The minimum atomic E-state index is 0.0175. The molecule has 1 aromatic carbocycles. The Hall–Kier alpha value is -2.36. The molecule has 0 aliphatic rings. The number of carbonyl (C=O) groups excluding carboxylic acids is 1. The van der Waals surface area contributed by atoms with Gasteiger partial charge in [0.25, 0.3) is 5.91 Å².